The van der Waals surface area contributed by atoms with E-state index in [1.165, 1.54) is 7.11 Å². The minimum absolute atomic E-state index is 0.0888. The summed E-state index contributed by atoms with van der Waals surface area (Å²) < 4.78 is 37.6. The zero-order valence-electron chi connectivity index (χ0n) is 24.3. The lowest BCUT2D eigenvalue weighted by Gasteiger charge is -2.26. The third-order valence-corrected chi connectivity index (χ3v) is 8.75. The molecule has 0 saturated heterocycles. The molecule has 3 heterocycles. The third-order valence-electron chi connectivity index (χ3n) is 6.64. The lowest BCUT2D eigenvalue weighted by Crippen LogP contribution is -2.16. The van der Waals surface area contributed by atoms with Gasteiger partial charge in [0.05, 0.1) is 34.3 Å². The van der Waals surface area contributed by atoms with Crippen molar-refractivity contribution in [3.63, 3.8) is 0 Å². The molecule has 2 N–H and O–H groups in total. The lowest BCUT2D eigenvalue weighted by atomic mass is 9.81. The Kier molecular flexibility index (Phi) is 7.80. The summed E-state index contributed by atoms with van der Waals surface area (Å²) in [6.07, 6.45) is 8.11. The highest BCUT2D eigenvalue weighted by molar-refractivity contribution is 9.10. The summed E-state index contributed by atoms with van der Waals surface area (Å²) in [7, 11) is 0.475. The van der Waals surface area contributed by atoms with Gasteiger partial charge in [0.15, 0.2) is 5.82 Å². The fraction of sp³-hybridized carbons (Fsp3) is 0.276. The van der Waals surface area contributed by atoms with Gasteiger partial charge in [0.25, 0.3) is 0 Å². The number of hydrogen-bond donors (Lipinski definition) is 2. The summed E-state index contributed by atoms with van der Waals surface area (Å²) >= 11 is 3.50. The van der Waals surface area contributed by atoms with Crippen molar-refractivity contribution in [2.45, 2.75) is 26.2 Å². The van der Waals surface area contributed by atoms with Gasteiger partial charge in [-0.15, -0.1) is 0 Å². The van der Waals surface area contributed by atoms with Crippen LogP contribution in [0, 0.1) is 5.82 Å². The number of aromatic nitrogens is 6. The Hall–Kier alpha value is -3.89. The normalized spacial score (nSPS) is 12.0. The Labute approximate surface area is 251 Å². The van der Waals surface area contributed by atoms with Crippen molar-refractivity contribution >= 4 is 62.6 Å². The Bertz CT molecular complexity index is 1870. The molecule has 0 unspecified atom stereocenters. The number of fused-ring (bicyclic) bond motifs is 1. The van der Waals surface area contributed by atoms with E-state index >= 15 is 4.39 Å². The second kappa shape index (κ2) is 11.1. The van der Waals surface area contributed by atoms with E-state index in [4.69, 9.17) is 4.74 Å². The SMILES string of the molecule is COc1cc(C(C)(C)C)c(-c2cnn(C)c2)c(F)c1Nc1ncc(Br)c(Nc2ccc3nccnc3c2P(C)(C)=O)n1. The minimum atomic E-state index is -2.80. The average Bonchev–Trinajstić information content (AvgIpc) is 3.35. The predicted molar refractivity (Wildman–Crippen MR) is 169 cm³/mol. The van der Waals surface area contributed by atoms with Gasteiger partial charge in [-0.25, -0.2) is 9.37 Å². The Morgan fingerprint density at radius 3 is 2.45 bits per heavy atom. The lowest BCUT2D eigenvalue weighted by molar-refractivity contribution is 0.411. The number of hydrogen-bond acceptors (Lipinski definition) is 9. The van der Waals surface area contributed by atoms with Crippen LogP contribution in [0.2, 0.25) is 0 Å². The number of anilines is 4. The number of ether oxygens (including phenoxy) is 1. The Morgan fingerprint density at radius 2 is 1.81 bits per heavy atom. The first kappa shape index (κ1) is 29.6. The molecule has 0 aliphatic carbocycles. The molecule has 0 spiro atoms. The Morgan fingerprint density at radius 1 is 1.07 bits per heavy atom. The molecule has 0 saturated carbocycles. The molecule has 13 heteroatoms. The van der Waals surface area contributed by atoms with Crippen LogP contribution in [0.1, 0.15) is 26.3 Å². The molecule has 42 heavy (non-hydrogen) atoms. The number of halogens is 2. The smallest absolute Gasteiger partial charge is 0.229 e. The molecular weight excluding hydrogens is 622 g/mol. The number of benzene rings is 2. The standard InChI is InChI=1S/C29H31BrFN8O2P/c1-29(2,3)17-12-21(41-5)25(23(31)22(17)16-13-35-39(4)15-16)37-28-34-14-18(30)27(38-28)36-20-9-8-19-24(33-11-10-32-19)26(20)42(6,7)40/h8-15H,1-7H3,(H2,34,36,37,38). The van der Waals surface area contributed by atoms with Crippen LogP contribution in [0.4, 0.5) is 27.5 Å². The Balaban J connectivity index is 1.60. The molecular formula is C29H31BrFN8O2P. The minimum Gasteiger partial charge on any atom is -0.494 e. The van der Waals surface area contributed by atoms with Crippen molar-refractivity contribution in [1.29, 1.82) is 0 Å². The highest BCUT2D eigenvalue weighted by Gasteiger charge is 2.28. The van der Waals surface area contributed by atoms with Gasteiger partial charge >= 0.3 is 0 Å². The van der Waals surface area contributed by atoms with E-state index in [2.05, 4.69) is 51.6 Å². The molecule has 5 rings (SSSR count). The van der Waals surface area contributed by atoms with Crippen molar-refractivity contribution < 1.29 is 13.7 Å². The summed E-state index contributed by atoms with van der Waals surface area (Å²) in [5.74, 6) is 0.293. The van der Waals surface area contributed by atoms with Crippen LogP contribution < -0.4 is 20.7 Å². The number of nitrogens with zero attached hydrogens (tertiary/aromatic N) is 6. The quantitative estimate of drug-likeness (QED) is 0.184. The van der Waals surface area contributed by atoms with Gasteiger partial charge in [0.2, 0.25) is 5.95 Å². The molecule has 2 aromatic carbocycles. The first-order chi connectivity index (χ1) is 19.8. The maximum absolute atomic E-state index is 16.4. The van der Waals surface area contributed by atoms with E-state index < -0.39 is 13.0 Å². The maximum Gasteiger partial charge on any atom is 0.229 e. The summed E-state index contributed by atoms with van der Waals surface area (Å²) in [6.45, 7) is 9.41. The van der Waals surface area contributed by atoms with Crippen LogP contribution in [0.15, 0.2) is 53.7 Å². The summed E-state index contributed by atoms with van der Waals surface area (Å²) in [6, 6.07) is 5.42. The van der Waals surface area contributed by atoms with Crippen LogP contribution in [-0.4, -0.2) is 50.2 Å². The van der Waals surface area contributed by atoms with E-state index in [0.29, 0.717) is 49.2 Å². The van der Waals surface area contributed by atoms with Gasteiger partial charge < -0.3 is 19.9 Å². The van der Waals surface area contributed by atoms with Crippen molar-refractivity contribution in [2.75, 3.05) is 31.1 Å². The topological polar surface area (TPSA) is 120 Å². The fourth-order valence-corrected chi connectivity index (χ4v) is 6.43. The zero-order valence-corrected chi connectivity index (χ0v) is 26.8. The number of nitrogens with one attached hydrogen (secondary N) is 2. The second-order valence-corrected chi connectivity index (χ2v) is 15.2. The first-order valence-corrected chi connectivity index (χ1v) is 16.4. The van der Waals surface area contributed by atoms with Crippen LogP contribution in [0.5, 0.6) is 5.75 Å². The van der Waals surface area contributed by atoms with Gasteiger partial charge in [0.1, 0.15) is 29.9 Å². The molecule has 10 nitrogen and oxygen atoms in total. The monoisotopic (exact) mass is 652 g/mol. The number of methoxy groups -OCH3 is 1. The molecule has 0 fully saturated rings. The van der Waals surface area contributed by atoms with E-state index in [-0.39, 0.29) is 17.1 Å². The van der Waals surface area contributed by atoms with Crippen LogP contribution in [0.25, 0.3) is 22.2 Å². The molecule has 0 atom stereocenters. The fourth-order valence-electron chi connectivity index (χ4n) is 4.75. The number of aryl methyl sites for hydroxylation is 1. The van der Waals surface area contributed by atoms with Crippen LogP contribution in [-0.2, 0) is 17.0 Å². The van der Waals surface area contributed by atoms with E-state index in [1.807, 2.05) is 26.8 Å². The van der Waals surface area contributed by atoms with Gasteiger partial charge in [0, 0.05) is 43.0 Å². The molecule has 0 aliphatic heterocycles. The first-order valence-electron chi connectivity index (χ1n) is 13.0. The van der Waals surface area contributed by atoms with Gasteiger partial charge in [-0.05, 0) is 58.4 Å². The van der Waals surface area contributed by atoms with Gasteiger partial charge in [-0.1, -0.05) is 20.8 Å². The van der Waals surface area contributed by atoms with E-state index in [0.717, 1.165) is 5.56 Å². The maximum atomic E-state index is 16.4. The molecule has 218 valence electrons. The highest BCUT2D eigenvalue weighted by Crippen LogP contribution is 2.44. The summed E-state index contributed by atoms with van der Waals surface area (Å²) in [5.41, 5.74) is 3.28. The molecule has 3 aromatic heterocycles. The van der Waals surface area contributed by atoms with Crippen LogP contribution in [0.3, 0.4) is 0 Å². The largest absolute Gasteiger partial charge is 0.494 e. The van der Waals surface area contributed by atoms with Crippen molar-refractivity contribution in [3.8, 4) is 16.9 Å². The van der Waals surface area contributed by atoms with Gasteiger partial charge in [-0.2, -0.15) is 10.1 Å². The molecule has 0 bridgehead atoms. The highest BCUT2D eigenvalue weighted by atomic mass is 79.9. The summed E-state index contributed by atoms with van der Waals surface area (Å²) in [4.78, 5) is 17.8. The van der Waals surface area contributed by atoms with Crippen molar-refractivity contribution in [2.24, 2.45) is 7.05 Å². The molecule has 0 amide bonds. The van der Waals surface area contributed by atoms with Crippen LogP contribution >= 0.6 is 23.1 Å². The molecule has 0 aliphatic rings. The predicted octanol–water partition coefficient (Wildman–Crippen LogP) is 6.76. The molecule has 5 aromatic rings. The van der Waals surface area contributed by atoms with E-state index in [1.54, 1.807) is 68.2 Å². The third kappa shape index (κ3) is 5.73. The second-order valence-electron chi connectivity index (χ2n) is 11.2. The molecule has 0 radical (unpaired) electrons. The van der Waals surface area contributed by atoms with E-state index in [9.17, 15) is 4.57 Å². The zero-order chi connectivity index (χ0) is 30.4. The average molecular weight is 653 g/mol. The number of rotatable bonds is 7. The van der Waals surface area contributed by atoms with Crippen molar-refractivity contribution in [3.05, 3.63) is 65.0 Å². The summed E-state index contributed by atoms with van der Waals surface area (Å²) in [5, 5.41) is 11.1. The van der Waals surface area contributed by atoms with Gasteiger partial charge in [-0.3, -0.25) is 14.6 Å². The van der Waals surface area contributed by atoms with Crippen molar-refractivity contribution in [1.82, 2.24) is 29.7 Å².